The fourth-order valence-corrected chi connectivity index (χ4v) is 5.52. The van der Waals surface area contributed by atoms with Crippen molar-refractivity contribution in [2.75, 3.05) is 4.43 Å². The Morgan fingerprint density at radius 1 is 1.07 bits per heavy atom. The van der Waals surface area contributed by atoms with Gasteiger partial charge in [-0.3, -0.25) is 0 Å². The Hall–Kier alpha value is 0.730. The maximum Gasteiger partial charge on any atom is 0.00266 e. The molecular weight excluding hydrogens is 283 g/mol. The predicted molar refractivity (Wildman–Crippen MR) is 70.7 cm³/mol. The lowest BCUT2D eigenvalue weighted by molar-refractivity contribution is -0.0374. The van der Waals surface area contributed by atoms with Crippen molar-refractivity contribution >= 4 is 22.6 Å². The summed E-state index contributed by atoms with van der Waals surface area (Å²) in [6.45, 7) is 7.29. The minimum atomic E-state index is 1.02. The smallest absolute Gasteiger partial charge is 0.00266 e. The quantitative estimate of drug-likeness (QED) is 0.536. The van der Waals surface area contributed by atoms with Gasteiger partial charge in [0.2, 0.25) is 0 Å². The molecule has 2 fully saturated rings. The van der Waals surface area contributed by atoms with Crippen molar-refractivity contribution in [3.8, 4) is 0 Å². The summed E-state index contributed by atoms with van der Waals surface area (Å²) in [5.74, 6) is 6.44. The van der Waals surface area contributed by atoms with Crippen molar-refractivity contribution in [2.24, 2.45) is 35.5 Å². The first-order valence-electron chi connectivity index (χ1n) is 6.30. The van der Waals surface area contributed by atoms with Gasteiger partial charge in [-0.25, -0.2) is 0 Å². The predicted octanol–water partition coefficient (Wildman–Crippen LogP) is 4.38. The van der Waals surface area contributed by atoms with Crippen LogP contribution in [0.1, 0.15) is 40.0 Å². The van der Waals surface area contributed by atoms with E-state index in [4.69, 9.17) is 0 Å². The van der Waals surface area contributed by atoms with E-state index in [1.54, 1.807) is 0 Å². The van der Waals surface area contributed by atoms with Crippen LogP contribution in [-0.2, 0) is 0 Å². The zero-order valence-electron chi connectivity index (χ0n) is 9.67. The van der Waals surface area contributed by atoms with E-state index in [2.05, 4.69) is 43.4 Å². The number of alkyl halides is 1. The summed E-state index contributed by atoms with van der Waals surface area (Å²) in [6, 6.07) is 0. The summed E-state index contributed by atoms with van der Waals surface area (Å²) in [6.07, 6.45) is 4.38. The van der Waals surface area contributed by atoms with E-state index in [9.17, 15) is 0 Å². The van der Waals surface area contributed by atoms with Gasteiger partial charge in [0.05, 0.1) is 0 Å². The molecule has 0 aromatic heterocycles. The minimum absolute atomic E-state index is 1.02. The molecule has 2 aliphatic carbocycles. The number of hydrogen-bond donors (Lipinski definition) is 0. The molecule has 2 saturated carbocycles. The Kier molecular flexibility index (Phi) is 3.45. The van der Waals surface area contributed by atoms with Crippen molar-refractivity contribution in [3.05, 3.63) is 0 Å². The monoisotopic (exact) mass is 306 g/mol. The molecule has 0 saturated heterocycles. The average Bonchev–Trinajstić information content (AvgIpc) is 2.41. The first kappa shape index (κ1) is 11.2. The van der Waals surface area contributed by atoms with E-state index in [-0.39, 0.29) is 0 Å². The highest BCUT2D eigenvalue weighted by Crippen LogP contribution is 2.62. The van der Waals surface area contributed by atoms with E-state index in [1.807, 2.05) is 0 Å². The third-order valence-corrected chi connectivity index (χ3v) is 6.13. The molecule has 0 nitrogen and oxygen atoms in total. The molecule has 1 heteroatoms. The second kappa shape index (κ2) is 4.31. The first-order chi connectivity index (χ1) is 6.74. The SMILES string of the molecule is CCC1C(CC)C2C(CI)CC(C)C12. The molecule has 82 valence electrons. The van der Waals surface area contributed by atoms with Gasteiger partial charge in [-0.1, -0.05) is 56.2 Å². The number of rotatable bonds is 3. The molecule has 0 heterocycles. The van der Waals surface area contributed by atoms with Crippen LogP contribution in [0.5, 0.6) is 0 Å². The Bertz CT molecular complexity index is 201. The Balaban J connectivity index is 2.10. The number of hydrogen-bond acceptors (Lipinski definition) is 0. The van der Waals surface area contributed by atoms with Crippen molar-refractivity contribution in [1.29, 1.82) is 0 Å². The third kappa shape index (κ3) is 1.45. The Morgan fingerprint density at radius 3 is 2.14 bits per heavy atom. The molecule has 0 aromatic rings. The van der Waals surface area contributed by atoms with E-state index in [0.29, 0.717) is 0 Å². The van der Waals surface area contributed by atoms with Crippen LogP contribution in [0.3, 0.4) is 0 Å². The number of fused-ring (bicyclic) bond motifs is 1. The molecule has 0 bridgehead atoms. The second-order valence-corrected chi connectivity index (χ2v) is 6.31. The van der Waals surface area contributed by atoms with Gasteiger partial charge in [0.1, 0.15) is 0 Å². The number of halogens is 1. The van der Waals surface area contributed by atoms with E-state index in [1.165, 1.54) is 23.7 Å². The molecule has 0 N–H and O–H groups in total. The zero-order chi connectivity index (χ0) is 10.3. The molecule has 0 amide bonds. The van der Waals surface area contributed by atoms with Gasteiger partial charge < -0.3 is 0 Å². The van der Waals surface area contributed by atoms with Crippen molar-refractivity contribution < 1.29 is 0 Å². The third-order valence-electron chi connectivity index (χ3n) is 5.00. The maximum atomic E-state index is 2.60. The normalized spacial score (nSPS) is 51.4. The highest BCUT2D eigenvalue weighted by molar-refractivity contribution is 14.1. The fraction of sp³-hybridized carbons (Fsp3) is 1.00. The van der Waals surface area contributed by atoms with Crippen molar-refractivity contribution in [3.63, 3.8) is 0 Å². The average molecular weight is 306 g/mol. The molecule has 0 aromatic carbocycles. The molecule has 2 aliphatic rings. The lowest BCUT2D eigenvalue weighted by Gasteiger charge is -2.52. The van der Waals surface area contributed by atoms with Crippen LogP contribution in [0.15, 0.2) is 0 Å². The molecular formula is C13H23I. The standard InChI is InChI=1S/C13H23I/c1-4-10-11(5-2)13-9(7-14)6-8(3)12(10)13/h8-13H,4-7H2,1-3H3. The summed E-state index contributed by atoms with van der Waals surface area (Å²) in [7, 11) is 0. The lowest BCUT2D eigenvalue weighted by atomic mass is 9.53. The van der Waals surface area contributed by atoms with Gasteiger partial charge in [0, 0.05) is 4.43 Å². The Labute approximate surface area is 102 Å². The van der Waals surface area contributed by atoms with Crippen molar-refractivity contribution in [2.45, 2.75) is 40.0 Å². The van der Waals surface area contributed by atoms with Gasteiger partial charge in [-0.15, -0.1) is 0 Å². The van der Waals surface area contributed by atoms with Crippen LogP contribution in [-0.4, -0.2) is 4.43 Å². The summed E-state index contributed by atoms with van der Waals surface area (Å²) in [4.78, 5) is 0. The summed E-state index contributed by atoms with van der Waals surface area (Å²) >= 11 is 2.60. The topological polar surface area (TPSA) is 0 Å². The van der Waals surface area contributed by atoms with Gasteiger partial charge in [-0.05, 0) is 41.9 Å². The highest BCUT2D eigenvalue weighted by Gasteiger charge is 2.56. The molecule has 0 radical (unpaired) electrons. The maximum absolute atomic E-state index is 2.60. The molecule has 0 spiro atoms. The second-order valence-electron chi connectivity index (χ2n) is 5.43. The van der Waals surface area contributed by atoms with Crippen LogP contribution in [0.25, 0.3) is 0 Å². The van der Waals surface area contributed by atoms with Gasteiger partial charge in [-0.2, -0.15) is 0 Å². The van der Waals surface area contributed by atoms with Gasteiger partial charge in [0.15, 0.2) is 0 Å². The molecule has 6 unspecified atom stereocenters. The largest absolute Gasteiger partial charge is 0.0861 e. The molecule has 0 aliphatic heterocycles. The summed E-state index contributed by atoms with van der Waals surface area (Å²) < 4.78 is 1.40. The van der Waals surface area contributed by atoms with Gasteiger partial charge >= 0.3 is 0 Å². The van der Waals surface area contributed by atoms with Crippen LogP contribution in [0.4, 0.5) is 0 Å². The van der Waals surface area contributed by atoms with E-state index in [0.717, 1.165) is 35.5 Å². The van der Waals surface area contributed by atoms with Crippen LogP contribution < -0.4 is 0 Å². The van der Waals surface area contributed by atoms with Crippen LogP contribution in [0, 0.1) is 35.5 Å². The first-order valence-corrected chi connectivity index (χ1v) is 7.83. The molecule has 2 rings (SSSR count). The Morgan fingerprint density at radius 2 is 1.64 bits per heavy atom. The van der Waals surface area contributed by atoms with E-state index < -0.39 is 0 Å². The molecule has 6 atom stereocenters. The molecule has 14 heavy (non-hydrogen) atoms. The van der Waals surface area contributed by atoms with Crippen LogP contribution >= 0.6 is 22.6 Å². The van der Waals surface area contributed by atoms with Crippen LogP contribution in [0.2, 0.25) is 0 Å². The van der Waals surface area contributed by atoms with Gasteiger partial charge in [0.25, 0.3) is 0 Å². The fourth-order valence-electron chi connectivity index (χ4n) is 4.57. The summed E-state index contributed by atoms with van der Waals surface area (Å²) in [5.41, 5.74) is 0. The van der Waals surface area contributed by atoms with E-state index >= 15 is 0 Å². The summed E-state index contributed by atoms with van der Waals surface area (Å²) in [5, 5.41) is 0. The highest BCUT2D eigenvalue weighted by atomic mass is 127. The lowest BCUT2D eigenvalue weighted by Crippen LogP contribution is -2.47. The zero-order valence-corrected chi connectivity index (χ0v) is 11.8. The minimum Gasteiger partial charge on any atom is -0.0861 e. The van der Waals surface area contributed by atoms with Crippen molar-refractivity contribution in [1.82, 2.24) is 0 Å².